The number of esters is 1. The molecule has 4 rings (SSSR count). The number of ether oxygens (including phenoxy) is 3. The number of carbonyl (C=O) groups is 2. The quantitative estimate of drug-likeness (QED) is 0.619. The Balaban J connectivity index is 1.65. The van der Waals surface area contributed by atoms with Crippen molar-refractivity contribution in [3.8, 4) is 11.5 Å². The van der Waals surface area contributed by atoms with Crippen LogP contribution in [-0.2, 0) is 4.74 Å². The van der Waals surface area contributed by atoms with Gasteiger partial charge in [-0.15, -0.1) is 11.3 Å². The van der Waals surface area contributed by atoms with Gasteiger partial charge < -0.3 is 19.5 Å². The Morgan fingerprint density at radius 1 is 1.10 bits per heavy atom. The predicted octanol–water partition coefficient (Wildman–Crippen LogP) is 4.69. The van der Waals surface area contributed by atoms with Gasteiger partial charge in [0.2, 0.25) is 0 Å². The fourth-order valence-corrected chi connectivity index (χ4v) is 4.04. The van der Waals surface area contributed by atoms with Gasteiger partial charge in [-0.3, -0.25) is 4.79 Å². The summed E-state index contributed by atoms with van der Waals surface area (Å²) in [6, 6.07) is 16.2. The van der Waals surface area contributed by atoms with Crippen LogP contribution < -0.4 is 14.8 Å². The lowest BCUT2D eigenvalue weighted by molar-refractivity contribution is 0.0513. The highest BCUT2D eigenvalue weighted by Gasteiger charge is 2.31. The topological polar surface area (TPSA) is 73.9 Å². The van der Waals surface area contributed by atoms with Gasteiger partial charge in [-0.25, -0.2) is 4.79 Å². The minimum absolute atomic E-state index is 0.227. The summed E-state index contributed by atoms with van der Waals surface area (Å²) in [6.45, 7) is 2.22. The van der Waals surface area contributed by atoms with Crippen LogP contribution in [0.5, 0.6) is 11.5 Å². The second kappa shape index (κ2) is 8.36. The van der Waals surface area contributed by atoms with Crippen LogP contribution >= 0.6 is 11.3 Å². The first kappa shape index (κ1) is 19.0. The van der Waals surface area contributed by atoms with Crippen LogP contribution in [0.3, 0.4) is 0 Å². The van der Waals surface area contributed by atoms with E-state index in [2.05, 4.69) is 5.32 Å². The number of hydrogen-bond donors (Lipinski definition) is 1. The third-order valence-corrected chi connectivity index (χ3v) is 5.33. The minimum Gasteiger partial charge on any atom is -0.485 e. The van der Waals surface area contributed by atoms with Gasteiger partial charge in [0.15, 0.2) is 17.6 Å². The summed E-state index contributed by atoms with van der Waals surface area (Å²) in [5, 5.41) is 5.05. The number of carbonyl (C=O) groups excluding carboxylic acids is 2. The highest BCUT2D eigenvalue weighted by molar-refractivity contribution is 7.15. The van der Waals surface area contributed by atoms with Crippen LogP contribution in [0.15, 0.2) is 60.0 Å². The first-order chi connectivity index (χ1) is 14.2. The van der Waals surface area contributed by atoms with Gasteiger partial charge in [0.25, 0.3) is 5.91 Å². The number of rotatable bonds is 5. The average Bonchev–Trinajstić information content (AvgIpc) is 3.17. The molecule has 148 valence electrons. The SMILES string of the molecule is CCOC(=O)c1c([C@H]2COc3ccccc3O2)csc1NC(=O)c1ccccc1. The van der Waals surface area contributed by atoms with Crippen molar-refractivity contribution in [3.05, 3.63) is 76.7 Å². The molecule has 1 atom stereocenters. The van der Waals surface area contributed by atoms with E-state index in [4.69, 9.17) is 14.2 Å². The van der Waals surface area contributed by atoms with E-state index in [1.807, 2.05) is 30.3 Å². The summed E-state index contributed by atoms with van der Waals surface area (Å²) < 4.78 is 17.1. The lowest BCUT2D eigenvalue weighted by atomic mass is 10.1. The summed E-state index contributed by atoms with van der Waals surface area (Å²) in [5.41, 5.74) is 1.43. The Hall–Kier alpha value is -3.32. The van der Waals surface area contributed by atoms with Crippen LogP contribution in [0, 0.1) is 0 Å². The largest absolute Gasteiger partial charge is 0.485 e. The maximum Gasteiger partial charge on any atom is 0.341 e. The summed E-state index contributed by atoms with van der Waals surface area (Å²) >= 11 is 1.26. The van der Waals surface area contributed by atoms with Gasteiger partial charge >= 0.3 is 5.97 Å². The molecule has 1 aliphatic heterocycles. The maximum absolute atomic E-state index is 12.7. The molecule has 1 amide bonds. The number of nitrogens with one attached hydrogen (secondary N) is 1. The van der Waals surface area contributed by atoms with Crippen molar-refractivity contribution in [2.75, 3.05) is 18.5 Å². The van der Waals surface area contributed by atoms with Crippen molar-refractivity contribution in [3.63, 3.8) is 0 Å². The van der Waals surface area contributed by atoms with Gasteiger partial charge in [-0.2, -0.15) is 0 Å². The Morgan fingerprint density at radius 2 is 1.83 bits per heavy atom. The van der Waals surface area contributed by atoms with E-state index in [1.54, 1.807) is 36.6 Å². The number of amides is 1. The van der Waals surface area contributed by atoms with E-state index >= 15 is 0 Å². The molecule has 0 saturated carbocycles. The fraction of sp³-hybridized carbons (Fsp3) is 0.182. The standard InChI is InChI=1S/C22H19NO5S/c1-2-26-22(25)19-15(18-12-27-16-10-6-7-11-17(16)28-18)13-29-21(19)23-20(24)14-8-4-3-5-9-14/h3-11,13,18H,2,12H2,1H3,(H,23,24)/t18-/m1/s1. The summed E-state index contributed by atoms with van der Waals surface area (Å²) in [6.07, 6.45) is -0.483. The average molecular weight is 409 g/mol. The second-order valence-corrected chi connectivity index (χ2v) is 7.18. The molecule has 0 saturated heterocycles. The molecular weight excluding hydrogens is 390 g/mol. The molecule has 1 N–H and O–H groups in total. The van der Waals surface area contributed by atoms with E-state index in [1.165, 1.54) is 11.3 Å². The Kier molecular flexibility index (Phi) is 5.48. The molecule has 0 spiro atoms. The Labute approximate surface area is 172 Å². The first-order valence-electron chi connectivity index (χ1n) is 9.20. The van der Waals surface area contributed by atoms with E-state index in [9.17, 15) is 9.59 Å². The smallest absolute Gasteiger partial charge is 0.341 e. The fourth-order valence-electron chi connectivity index (χ4n) is 3.05. The Bertz CT molecular complexity index is 1030. The number of thiophene rings is 1. The van der Waals surface area contributed by atoms with Gasteiger partial charge in [-0.05, 0) is 31.2 Å². The number of anilines is 1. The van der Waals surface area contributed by atoms with Crippen LogP contribution in [0.2, 0.25) is 0 Å². The van der Waals surface area contributed by atoms with E-state index in [0.29, 0.717) is 33.2 Å². The molecule has 7 heteroatoms. The highest BCUT2D eigenvalue weighted by Crippen LogP contribution is 2.40. The number of hydrogen-bond acceptors (Lipinski definition) is 6. The molecule has 6 nitrogen and oxygen atoms in total. The molecule has 0 unspecified atom stereocenters. The maximum atomic E-state index is 12.7. The van der Waals surface area contributed by atoms with Crippen LogP contribution in [0.1, 0.15) is 39.3 Å². The summed E-state index contributed by atoms with van der Waals surface area (Å²) in [4.78, 5) is 25.3. The molecule has 0 fully saturated rings. The molecule has 2 heterocycles. The zero-order valence-corrected chi connectivity index (χ0v) is 16.5. The van der Waals surface area contributed by atoms with Crippen molar-refractivity contribution >= 4 is 28.2 Å². The summed E-state index contributed by atoms with van der Waals surface area (Å²) in [7, 11) is 0. The monoisotopic (exact) mass is 409 g/mol. The van der Waals surface area contributed by atoms with Crippen LogP contribution in [-0.4, -0.2) is 25.1 Å². The van der Waals surface area contributed by atoms with Crippen molar-refractivity contribution in [2.24, 2.45) is 0 Å². The molecule has 29 heavy (non-hydrogen) atoms. The van der Waals surface area contributed by atoms with Gasteiger partial charge in [0.1, 0.15) is 17.2 Å². The molecule has 0 radical (unpaired) electrons. The van der Waals surface area contributed by atoms with E-state index in [-0.39, 0.29) is 19.1 Å². The van der Waals surface area contributed by atoms with Gasteiger partial charge in [-0.1, -0.05) is 30.3 Å². The second-order valence-electron chi connectivity index (χ2n) is 6.30. The summed E-state index contributed by atoms with van der Waals surface area (Å²) in [5.74, 6) is 0.471. The van der Waals surface area contributed by atoms with Crippen molar-refractivity contribution in [1.82, 2.24) is 0 Å². The zero-order chi connectivity index (χ0) is 20.2. The van der Waals surface area contributed by atoms with Gasteiger partial charge in [0, 0.05) is 16.5 Å². The predicted molar refractivity (Wildman–Crippen MR) is 110 cm³/mol. The normalized spacial score (nSPS) is 14.9. The van der Waals surface area contributed by atoms with Crippen LogP contribution in [0.25, 0.3) is 0 Å². The third kappa shape index (κ3) is 3.95. The van der Waals surface area contributed by atoms with Crippen molar-refractivity contribution in [2.45, 2.75) is 13.0 Å². The molecule has 3 aromatic rings. The minimum atomic E-state index is -0.505. The molecule has 1 aromatic heterocycles. The number of fused-ring (bicyclic) bond motifs is 1. The molecule has 0 aliphatic carbocycles. The van der Waals surface area contributed by atoms with Crippen molar-refractivity contribution < 1.29 is 23.8 Å². The van der Waals surface area contributed by atoms with E-state index < -0.39 is 12.1 Å². The highest BCUT2D eigenvalue weighted by atomic mass is 32.1. The van der Waals surface area contributed by atoms with E-state index in [0.717, 1.165) is 0 Å². The van der Waals surface area contributed by atoms with Crippen molar-refractivity contribution in [1.29, 1.82) is 0 Å². The zero-order valence-electron chi connectivity index (χ0n) is 15.7. The third-order valence-electron chi connectivity index (χ3n) is 4.42. The lowest BCUT2D eigenvalue weighted by Gasteiger charge is -2.26. The lowest BCUT2D eigenvalue weighted by Crippen LogP contribution is -2.24. The van der Waals surface area contributed by atoms with Crippen LogP contribution in [0.4, 0.5) is 5.00 Å². The Morgan fingerprint density at radius 3 is 2.59 bits per heavy atom. The molecule has 1 aliphatic rings. The molecule has 0 bridgehead atoms. The number of benzene rings is 2. The molecular formula is C22H19NO5S. The molecule has 2 aromatic carbocycles. The first-order valence-corrected chi connectivity index (χ1v) is 10.1. The number of para-hydroxylation sites is 2. The van der Waals surface area contributed by atoms with Gasteiger partial charge in [0.05, 0.1) is 6.61 Å².